The second kappa shape index (κ2) is 7.78. The van der Waals surface area contributed by atoms with E-state index in [-0.39, 0.29) is 0 Å². The van der Waals surface area contributed by atoms with Gasteiger partial charge in [-0.15, -0.1) is 0 Å². The zero-order valence-electron chi connectivity index (χ0n) is 11.4. The van der Waals surface area contributed by atoms with Gasteiger partial charge in [0.15, 0.2) is 0 Å². The number of halogens is 1. The molecule has 0 bridgehead atoms. The van der Waals surface area contributed by atoms with E-state index in [4.69, 9.17) is 21.1 Å². The van der Waals surface area contributed by atoms with Crippen LogP contribution in [0, 0.1) is 0 Å². The SMILES string of the molecule is CNCc1ccccc1OCCOc1cccc(Cl)c1. The summed E-state index contributed by atoms with van der Waals surface area (Å²) in [5, 5.41) is 3.79. The lowest BCUT2D eigenvalue weighted by molar-refractivity contribution is 0.216. The van der Waals surface area contributed by atoms with Crippen molar-refractivity contribution in [3.8, 4) is 11.5 Å². The van der Waals surface area contributed by atoms with E-state index in [0.29, 0.717) is 18.2 Å². The van der Waals surface area contributed by atoms with Gasteiger partial charge in [0, 0.05) is 17.1 Å². The molecule has 0 amide bonds. The maximum absolute atomic E-state index is 5.89. The normalized spacial score (nSPS) is 10.3. The van der Waals surface area contributed by atoms with Gasteiger partial charge in [0.2, 0.25) is 0 Å². The smallest absolute Gasteiger partial charge is 0.123 e. The van der Waals surface area contributed by atoms with E-state index in [1.165, 1.54) is 0 Å². The lowest BCUT2D eigenvalue weighted by Crippen LogP contribution is -2.12. The molecule has 0 heterocycles. The molecule has 0 radical (unpaired) electrons. The summed E-state index contributed by atoms with van der Waals surface area (Å²) < 4.78 is 11.3. The quantitative estimate of drug-likeness (QED) is 0.792. The lowest BCUT2D eigenvalue weighted by Gasteiger charge is -2.12. The molecule has 0 spiro atoms. The molecule has 0 saturated heterocycles. The first-order chi connectivity index (χ1) is 9.79. The Balaban J connectivity index is 1.81. The molecule has 0 fully saturated rings. The van der Waals surface area contributed by atoms with Crippen LogP contribution in [0.3, 0.4) is 0 Å². The predicted molar refractivity (Wildman–Crippen MR) is 81.6 cm³/mol. The molecule has 106 valence electrons. The summed E-state index contributed by atoms with van der Waals surface area (Å²) in [5.74, 6) is 1.64. The maximum atomic E-state index is 5.89. The molecule has 2 aromatic rings. The topological polar surface area (TPSA) is 30.5 Å². The van der Waals surface area contributed by atoms with E-state index in [0.717, 1.165) is 23.6 Å². The average molecular weight is 292 g/mol. The van der Waals surface area contributed by atoms with Crippen molar-refractivity contribution >= 4 is 11.6 Å². The molecule has 0 aromatic heterocycles. The van der Waals surface area contributed by atoms with Gasteiger partial charge >= 0.3 is 0 Å². The van der Waals surface area contributed by atoms with Crippen LogP contribution >= 0.6 is 11.6 Å². The second-order valence-electron chi connectivity index (χ2n) is 4.29. The number of hydrogen-bond donors (Lipinski definition) is 1. The molecule has 0 saturated carbocycles. The number of nitrogens with one attached hydrogen (secondary N) is 1. The van der Waals surface area contributed by atoms with Crippen molar-refractivity contribution in [1.82, 2.24) is 5.32 Å². The maximum Gasteiger partial charge on any atom is 0.123 e. The minimum Gasteiger partial charge on any atom is -0.490 e. The first-order valence-electron chi connectivity index (χ1n) is 6.53. The van der Waals surface area contributed by atoms with E-state index in [1.54, 1.807) is 6.07 Å². The van der Waals surface area contributed by atoms with Crippen LogP contribution in [0.2, 0.25) is 5.02 Å². The van der Waals surface area contributed by atoms with Gasteiger partial charge < -0.3 is 14.8 Å². The van der Waals surface area contributed by atoms with Gasteiger partial charge in [-0.3, -0.25) is 0 Å². The van der Waals surface area contributed by atoms with Crippen LogP contribution in [0.25, 0.3) is 0 Å². The number of para-hydroxylation sites is 1. The van der Waals surface area contributed by atoms with E-state index < -0.39 is 0 Å². The Morgan fingerprint density at radius 2 is 1.80 bits per heavy atom. The summed E-state index contributed by atoms with van der Waals surface area (Å²) in [6.07, 6.45) is 0. The van der Waals surface area contributed by atoms with Crippen molar-refractivity contribution < 1.29 is 9.47 Å². The van der Waals surface area contributed by atoms with Crippen LogP contribution in [0.5, 0.6) is 11.5 Å². The molecule has 0 unspecified atom stereocenters. The van der Waals surface area contributed by atoms with Crippen LogP contribution in [0.4, 0.5) is 0 Å². The first kappa shape index (κ1) is 14.7. The van der Waals surface area contributed by atoms with E-state index >= 15 is 0 Å². The van der Waals surface area contributed by atoms with Crippen molar-refractivity contribution in [3.63, 3.8) is 0 Å². The zero-order chi connectivity index (χ0) is 14.2. The van der Waals surface area contributed by atoms with Gasteiger partial charge in [-0.1, -0.05) is 35.9 Å². The Kier molecular flexibility index (Phi) is 5.71. The first-order valence-corrected chi connectivity index (χ1v) is 6.91. The number of hydrogen-bond acceptors (Lipinski definition) is 3. The van der Waals surface area contributed by atoms with Crippen molar-refractivity contribution in [2.24, 2.45) is 0 Å². The van der Waals surface area contributed by atoms with E-state index in [1.807, 2.05) is 49.5 Å². The van der Waals surface area contributed by atoms with Crippen LogP contribution in [0.1, 0.15) is 5.56 Å². The summed E-state index contributed by atoms with van der Waals surface area (Å²) >= 11 is 5.89. The third-order valence-corrected chi connectivity index (χ3v) is 2.98. The molecule has 2 rings (SSSR count). The molecule has 4 heteroatoms. The van der Waals surface area contributed by atoms with Crippen LogP contribution < -0.4 is 14.8 Å². The van der Waals surface area contributed by atoms with Crippen molar-refractivity contribution in [2.45, 2.75) is 6.54 Å². The second-order valence-corrected chi connectivity index (χ2v) is 4.73. The summed E-state index contributed by atoms with van der Waals surface area (Å²) in [6.45, 7) is 1.76. The highest BCUT2D eigenvalue weighted by Crippen LogP contribution is 2.19. The largest absolute Gasteiger partial charge is 0.490 e. The van der Waals surface area contributed by atoms with Gasteiger partial charge in [0.1, 0.15) is 24.7 Å². The molecule has 20 heavy (non-hydrogen) atoms. The van der Waals surface area contributed by atoms with Gasteiger partial charge in [0.05, 0.1) is 0 Å². The predicted octanol–water partition coefficient (Wildman–Crippen LogP) is 3.52. The highest BCUT2D eigenvalue weighted by atomic mass is 35.5. The van der Waals surface area contributed by atoms with Gasteiger partial charge in [-0.05, 0) is 31.3 Å². The summed E-state index contributed by atoms with van der Waals surface area (Å²) in [5.41, 5.74) is 1.14. The summed E-state index contributed by atoms with van der Waals surface area (Å²) in [4.78, 5) is 0. The number of rotatable bonds is 7. The summed E-state index contributed by atoms with van der Waals surface area (Å²) in [7, 11) is 1.92. The lowest BCUT2D eigenvalue weighted by atomic mass is 10.2. The Hall–Kier alpha value is -1.71. The Bertz CT molecular complexity index is 546. The Morgan fingerprint density at radius 3 is 2.60 bits per heavy atom. The van der Waals surface area contributed by atoms with Gasteiger partial charge in [-0.25, -0.2) is 0 Å². The highest BCUT2D eigenvalue weighted by Gasteiger charge is 2.02. The minimum atomic E-state index is 0.480. The standard InChI is InChI=1S/C16H18ClNO2/c1-18-12-13-5-2-3-8-16(13)20-10-9-19-15-7-4-6-14(17)11-15/h2-8,11,18H,9-10,12H2,1H3. The molecular weight excluding hydrogens is 274 g/mol. The molecule has 0 aliphatic heterocycles. The number of benzene rings is 2. The third-order valence-electron chi connectivity index (χ3n) is 2.75. The number of ether oxygens (including phenoxy) is 2. The molecule has 2 aromatic carbocycles. The monoisotopic (exact) mass is 291 g/mol. The zero-order valence-corrected chi connectivity index (χ0v) is 12.2. The fraction of sp³-hybridized carbons (Fsp3) is 0.250. The van der Waals surface area contributed by atoms with Crippen LogP contribution in [0.15, 0.2) is 48.5 Å². The van der Waals surface area contributed by atoms with Crippen LogP contribution in [-0.4, -0.2) is 20.3 Å². The van der Waals surface area contributed by atoms with Crippen LogP contribution in [-0.2, 0) is 6.54 Å². The van der Waals surface area contributed by atoms with Gasteiger partial charge in [-0.2, -0.15) is 0 Å². The minimum absolute atomic E-state index is 0.480. The van der Waals surface area contributed by atoms with Gasteiger partial charge in [0.25, 0.3) is 0 Å². The fourth-order valence-corrected chi connectivity index (χ4v) is 2.03. The molecular formula is C16H18ClNO2. The Morgan fingerprint density at radius 1 is 1.00 bits per heavy atom. The molecule has 1 N–H and O–H groups in total. The molecule has 0 aliphatic carbocycles. The van der Waals surface area contributed by atoms with Crippen molar-refractivity contribution in [3.05, 3.63) is 59.1 Å². The summed E-state index contributed by atoms with van der Waals surface area (Å²) in [6, 6.07) is 15.3. The third kappa shape index (κ3) is 4.44. The van der Waals surface area contributed by atoms with E-state index in [2.05, 4.69) is 5.32 Å². The Labute approximate surface area is 124 Å². The van der Waals surface area contributed by atoms with Crippen molar-refractivity contribution in [1.29, 1.82) is 0 Å². The average Bonchev–Trinajstić information content (AvgIpc) is 2.46. The van der Waals surface area contributed by atoms with Crippen molar-refractivity contribution in [2.75, 3.05) is 20.3 Å². The molecule has 0 aliphatic rings. The highest BCUT2D eigenvalue weighted by molar-refractivity contribution is 6.30. The van der Waals surface area contributed by atoms with E-state index in [9.17, 15) is 0 Å². The fourth-order valence-electron chi connectivity index (χ4n) is 1.85. The molecule has 0 atom stereocenters. The molecule has 3 nitrogen and oxygen atoms in total.